The second-order valence-corrected chi connectivity index (χ2v) is 5.17. The van der Waals surface area contributed by atoms with E-state index in [2.05, 4.69) is 15.3 Å². The molecule has 0 spiro atoms. The molecule has 0 radical (unpaired) electrons. The van der Waals surface area contributed by atoms with E-state index < -0.39 is 5.82 Å². The van der Waals surface area contributed by atoms with Crippen molar-refractivity contribution < 1.29 is 4.39 Å². The number of hydrogen-bond donors (Lipinski definition) is 1. The van der Waals surface area contributed by atoms with E-state index in [1.54, 1.807) is 30.6 Å². The van der Waals surface area contributed by atoms with Gasteiger partial charge in [0.2, 0.25) is 5.95 Å². The molecule has 3 nitrogen and oxygen atoms in total. The standard InChI is InChI=1S/C14H13ClFN3/c15-11-9-10(3-4-12(11)16)14(5-1-6-14)19-13-17-7-2-8-18-13/h2-4,7-9H,1,5-6H2,(H,17,18,19). The smallest absolute Gasteiger partial charge is 0.223 e. The van der Waals surface area contributed by atoms with Crippen LogP contribution in [0.5, 0.6) is 0 Å². The number of halogens is 2. The van der Waals surface area contributed by atoms with Gasteiger partial charge in [0.15, 0.2) is 0 Å². The quantitative estimate of drug-likeness (QED) is 0.928. The predicted molar refractivity (Wildman–Crippen MR) is 72.6 cm³/mol. The van der Waals surface area contributed by atoms with Crippen LogP contribution in [0.4, 0.5) is 10.3 Å². The van der Waals surface area contributed by atoms with Crippen molar-refractivity contribution in [1.82, 2.24) is 9.97 Å². The van der Waals surface area contributed by atoms with Crippen molar-refractivity contribution in [3.63, 3.8) is 0 Å². The first-order valence-corrected chi connectivity index (χ1v) is 6.58. The minimum Gasteiger partial charge on any atom is -0.345 e. The van der Waals surface area contributed by atoms with E-state index in [1.807, 2.05) is 0 Å². The summed E-state index contributed by atoms with van der Waals surface area (Å²) in [5.41, 5.74) is 0.760. The third-order valence-electron chi connectivity index (χ3n) is 3.60. The van der Waals surface area contributed by atoms with Crippen molar-refractivity contribution >= 4 is 17.5 Å². The highest BCUT2D eigenvalue weighted by molar-refractivity contribution is 6.30. The molecule has 1 aliphatic carbocycles. The van der Waals surface area contributed by atoms with E-state index in [4.69, 9.17) is 11.6 Å². The van der Waals surface area contributed by atoms with Crippen LogP contribution in [-0.4, -0.2) is 9.97 Å². The molecule has 1 aromatic heterocycles. The van der Waals surface area contributed by atoms with E-state index in [1.165, 1.54) is 6.07 Å². The molecule has 0 unspecified atom stereocenters. The fourth-order valence-corrected chi connectivity index (χ4v) is 2.57. The molecule has 1 saturated carbocycles. The topological polar surface area (TPSA) is 37.8 Å². The van der Waals surface area contributed by atoms with Crippen LogP contribution < -0.4 is 5.32 Å². The van der Waals surface area contributed by atoms with E-state index in [0.717, 1.165) is 24.8 Å². The lowest BCUT2D eigenvalue weighted by Crippen LogP contribution is -2.42. The van der Waals surface area contributed by atoms with Crippen molar-refractivity contribution in [2.75, 3.05) is 5.32 Å². The molecule has 0 amide bonds. The largest absolute Gasteiger partial charge is 0.345 e. The third kappa shape index (κ3) is 2.28. The Bertz CT molecular complexity index is 584. The summed E-state index contributed by atoms with van der Waals surface area (Å²) in [7, 11) is 0. The highest BCUT2D eigenvalue weighted by Gasteiger charge is 2.39. The first kappa shape index (κ1) is 12.4. The molecule has 1 aliphatic rings. The summed E-state index contributed by atoms with van der Waals surface area (Å²) in [6.07, 6.45) is 6.44. The fourth-order valence-electron chi connectivity index (χ4n) is 2.39. The van der Waals surface area contributed by atoms with Gasteiger partial charge >= 0.3 is 0 Å². The van der Waals surface area contributed by atoms with Crippen LogP contribution in [0.15, 0.2) is 36.7 Å². The minimum absolute atomic E-state index is 0.152. The van der Waals surface area contributed by atoms with Gasteiger partial charge in [-0.1, -0.05) is 17.7 Å². The lowest BCUT2D eigenvalue weighted by Gasteiger charge is -2.43. The molecule has 98 valence electrons. The first-order chi connectivity index (χ1) is 9.20. The number of hydrogen-bond acceptors (Lipinski definition) is 3. The molecule has 0 aliphatic heterocycles. The monoisotopic (exact) mass is 277 g/mol. The summed E-state index contributed by atoms with van der Waals surface area (Å²) in [6, 6.07) is 6.64. The molecule has 1 fully saturated rings. The average Bonchev–Trinajstić information content (AvgIpc) is 2.38. The summed E-state index contributed by atoms with van der Waals surface area (Å²) in [5.74, 6) is 0.193. The Morgan fingerprint density at radius 3 is 2.53 bits per heavy atom. The Morgan fingerprint density at radius 2 is 1.95 bits per heavy atom. The second kappa shape index (κ2) is 4.78. The Hall–Kier alpha value is -1.68. The van der Waals surface area contributed by atoms with Crippen LogP contribution in [-0.2, 0) is 5.54 Å². The lowest BCUT2D eigenvalue weighted by molar-refractivity contribution is 0.282. The molecule has 0 bridgehead atoms. The van der Waals surface area contributed by atoms with Gasteiger partial charge in [0.05, 0.1) is 10.6 Å². The second-order valence-electron chi connectivity index (χ2n) is 4.76. The minimum atomic E-state index is -0.393. The third-order valence-corrected chi connectivity index (χ3v) is 3.89. The van der Waals surface area contributed by atoms with Crippen molar-refractivity contribution in [1.29, 1.82) is 0 Å². The number of benzene rings is 1. The molecular formula is C14H13ClFN3. The number of rotatable bonds is 3. The van der Waals surface area contributed by atoms with Gasteiger partial charge in [0.1, 0.15) is 5.82 Å². The highest BCUT2D eigenvalue weighted by atomic mass is 35.5. The normalized spacial score (nSPS) is 16.7. The Labute approximate surface area is 115 Å². The predicted octanol–water partition coefficient (Wildman–Crippen LogP) is 3.76. The Balaban J connectivity index is 1.92. The van der Waals surface area contributed by atoms with E-state index in [0.29, 0.717) is 5.95 Å². The molecule has 1 aromatic carbocycles. The molecule has 3 rings (SSSR count). The zero-order chi connectivity index (χ0) is 13.3. The van der Waals surface area contributed by atoms with Crippen LogP contribution in [0, 0.1) is 5.82 Å². The van der Waals surface area contributed by atoms with Crippen molar-refractivity contribution in [3.8, 4) is 0 Å². The van der Waals surface area contributed by atoms with Gasteiger partial charge in [-0.15, -0.1) is 0 Å². The van der Waals surface area contributed by atoms with Gasteiger partial charge in [-0.2, -0.15) is 0 Å². The van der Waals surface area contributed by atoms with E-state index in [-0.39, 0.29) is 10.6 Å². The van der Waals surface area contributed by atoms with Gasteiger partial charge in [0, 0.05) is 12.4 Å². The summed E-state index contributed by atoms with van der Waals surface area (Å²) < 4.78 is 13.3. The zero-order valence-electron chi connectivity index (χ0n) is 10.2. The lowest BCUT2D eigenvalue weighted by atomic mass is 9.72. The van der Waals surface area contributed by atoms with Gasteiger partial charge in [-0.3, -0.25) is 0 Å². The first-order valence-electron chi connectivity index (χ1n) is 6.20. The summed E-state index contributed by atoms with van der Waals surface area (Å²) in [5, 5.41) is 3.50. The summed E-state index contributed by atoms with van der Waals surface area (Å²) >= 11 is 5.87. The van der Waals surface area contributed by atoms with Crippen LogP contribution >= 0.6 is 11.6 Å². The van der Waals surface area contributed by atoms with Crippen molar-refractivity contribution in [2.45, 2.75) is 24.8 Å². The molecular weight excluding hydrogens is 265 g/mol. The number of aromatic nitrogens is 2. The zero-order valence-corrected chi connectivity index (χ0v) is 11.0. The SMILES string of the molecule is Fc1ccc(C2(Nc3ncccn3)CCC2)cc1Cl. The molecule has 19 heavy (non-hydrogen) atoms. The maximum Gasteiger partial charge on any atom is 0.223 e. The van der Waals surface area contributed by atoms with Gasteiger partial charge in [-0.25, -0.2) is 14.4 Å². The van der Waals surface area contributed by atoms with Gasteiger partial charge in [-0.05, 0) is 43.0 Å². The maximum absolute atomic E-state index is 13.3. The van der Waals surface area contributed by atoms with Gasteiger partial charge in [0.25, 0.3) is 0 Å². The highest BCUT2D eigenvalue weighted by Crippen LogP contribution is 2.44. The summed E-state index contributed by atoms with van der Waals surface area (Å²) in [6.45, 7) is 0. The number of nitrogens with one attached hydrogen (secondary N) is 1. The average molecular weight is 278 g/mol. The Kier molecular flexibility index (Phi) is 3.11. The van der Waals surface area contributed by atoms with Crippen LogP contribution in [0.25, 0.3) is 0 Å². The Morgan fingerprint density at radius 1 is 1.21 bits per heavy atom. The molecule has 2 aromatic rings. The number of nitrogens with zero attached hydrogens (tertiary/aromatic N) is 2. The molecule has 5 heteroatoms. The van der Waals surface area contributed by atoms with Crippen molar-refractivity contribution in [2.24, 2.45) is 0 Å². The summed E-state index contributed by atoms with van der Waals surface area (Å²) in [4.78, 5) is 8.36. The molecule has 1 heterocycles. The van der Waals surface area contributed by atoms with Crippen molar-refractivity contribution in [3.05, 3.63) is 53.1 Å². The molecule has 1 N–H and O–H groups in total. The van der Waals surface area contributed by atoms with Crippen LogP contribution in [0.3, 0.4) is 0 Å². The van der Waals surface area contributed by atoms with Crippen LogP contribution in [0.1, 0.15) is 24.8 Å². The maximum atomic E-state index is 13.3. The van der Waals surface area contributed by atoms with E-state index in [9.17, 15) is 4.39 Å². The fraction of sp³-hybridized carbons (Fsp3) is 0.286. The molecule has 0 saturated heterocycles. The van der Waals surface area contributed by atoms with E-state index >= 15 is 0 Å². The van der Waals surface area contributed by atoms with Gasteiger partial charge < -0.3 is 5.32 Å². The number of anilines is 1. The van der Waals surface area contributed by atoms with Crippen LogP contribution in [0.2, 0.25) is 5.02 Å². The molecule has 0 atom stereocenters.